The lowest BCUT2D eigenvalue weighted by Crippen LogP contribution is -1.97. The van der Waals surface area contributed by atoms with Crippen LogP contribution in [-0.2, 0) is 0 Å². The number of nitrogens with zero attached hydrogens (tertiary/aromatic N) is 2. The van der Waals surface area contributed by atoms with Gasteiger partial charge in [0.2, 0.25) is 0 Å². The van der Waals surface area contributed by atoms with Crippen LogP contribution in [0.1, 0.15) is 5.69 Å². The Bertz CT molecular complexity index is 778. The Morgan fingerprint density at radius 1 is 1.11 bits per heavy atom. The number of anilines is 1. The second-order valence-corrected chi connectivity index (χ2v) is 5.15. The molecule has 5 heteroatoms. The predicted molar refractivity (Wildman–Crippen MR) is 79.8 cm³/mol. The molecule has 2 N–H and O–H groups in total. The van der Waals surface area contributed by atoms with Crippen molar-refractivity contribution in [2.75, 3.05) is 5.73 Å². The van der Waals surface area contributed by atoms with Crippen molar-refractivity contribution in [2.45, 2.75) is 6.92 Å². The number of nitrogen functional groups attached to an aromatic ring is 1. The Kier molecular flexibility index (Phi) is 2.88. The number of hydrogen-bond acceptors (Lipinski definition) is 2. The van der Waals surface area contributed by atoms with Gasteiger partial charge in [-0.25, -0.2) is 4.98 Å². The monoisotopic (exact) mass is 291 g/mol. The van der Waals surface area contributed by atoms with Crippen molar-refractivity contribution < 1.29 is 0 Å². The van der Waals surface area contributed by atoms with Gasteiger partial charge in [0.05, 0.1) is 10.0 Å². The highest BCUT2D eigenvalue weighted by Crippen LogP contribution is 2.32. The largest absolute Gasteiger partial charge is 0.383 e. The minimum absolute atomic E-state index is 0.493. The summed E-state index contributed by atoms with van der Waals surface area (Å²) in [6.45, 7) is 1.99. The Balaban J connectivity index is 2.28. The smallest absolute Gasteiger partial charge is 0.139 e. The van der Waals surface area contributed by atoms with Crippen LogP contribution in [-0.4, -0.2) is 9.38 Å². The van der Waals surface area contributed by atoms with Crippen molar-refractivity contribution >= 4 is 34.7 Å². The molecule has 1 aromatic carbocycles. The maximum Gasteiger partial charge on any atom is 0.139 e. The average molecular weight is 292 g/mol. The zero-order chi connectivity index (χ0) is 13.6. The number of aryl methyl sites for hydroxylation is 1. The Morgan fingerprint density at radius 3 is 2.58 bits per heavy atom. The Morgan fingerprint density at radius 2 is 1.89 bits per heavy atom. The van der Waals surface area contributed by atoms with Crippen molar-refractivity contribution in [2.24, 2.45) is 0 Å². The third-order valence-corrected chi connectivity index (χ3v) is 3.81. The van der Waals surface area contributed by atoms with E-state index >= 15 is 0 Å². The van der Waals surface area contributed by atoms with Crippen LogP contribution in [0.25, 0.3) is 16.9 Å². The molecule has 0 aliphatic heterocycles. The second kappa shape index (κ2) is 4.44. The summed E-state index contributed by atoms with van der Waals surface area (Å²) in [6.07, 6.45) is 0. The SMILES string of the molecule is Cc1cccc2nc(-c3ccc(Cl)c(Cl)c3)c(N)n12. The number of halogens is 2. The topological polar surface area (TPSA) is 43.3 Å². The minimum Gasteiger partial charge on any atom is -0.383 e. The molecule has 0 atom stereocenters. The van der Waals surface area contributed by atoms with E-state index in [0.717, 1.165) is 16.9 Å². The van der Waals surface area contributed by atoms with Crippen molar-refractivity contribution in [3.8, 4) is 11.3 Å². The van der Waals surface area contributed by atoms with Crippen LogP contribution in [0.3, 0.4) is 0 Å². The second-order valence-electron chi connectivity index (χ2n) is 4.34. The fourth-order valence-corrected chi connectivity index (χ4v) is 2.44. The number of rotatable bonds is 1. The van der Waals surface area contributed by atoms with Gasteiger partial charge in [0.15, 0.2) is 0 Å². The number of aromatic nitrogens is 2. The molecule has 0 amide bonds. The van der Waals surface area contributed by atoms with Gasteiger partial charge in [-0.15, -0.1) is 0 Å². The molecular formula is C14H11Cl2N3. The molecule has 2 heterocycles. The maximum atomic E-state index is 6.18. The average Bonchev–Trinajstić information content (AvgIpc) is 2.72. The summed E-state index contributed by atoms with van der Waals surface area (Å²) in [5, 5.41) is 1.01. The van der Waals surface area contributed by atoms with Gasteiger partial charge in [0, 0.05) is 11.3 Å². The van der Waals surface area contributed by atoms with Crippen LogP contribution < -0.4 is 5.73 Å². The molecule has 3 aromatic rings. The van der Waals surface area contributed by atoms with Crippen LogP contribution in [0.15, 0.2) is 36.4 Å². The maximum absolute atomic E-state index is 6.18. The van der Waals surface area contributed by atoms with Crippen LogP contribution in [0.2, 0.25) is 10.0 Å². The zero-order valence-corrected chi connectivity index (χ0v) is 11.7. The van der Waals surface area contributed by atoms with E-state index in [-0.39, 0.29) is 0 Å². The zero-order valence-electron chi connectivity index (χ0n) is 10.2. The molecule has 0 saturated carbocycles. The molecule has 0 radical (unpaired) electrons. The van der Waals surface area contributed by atoms with Gasteiger partial charge in [0.25, 0.3) is 0 Å². The van der Waals surface area contributed by atoms with Crippen molar-refractivity contribution in [1.82, 2.24) is 9.38 Å². The molecule has 3 nitrogen and oxygen atoms in total. The number of fused-ring (bicyclic) bond motifs is 1. The van der Waals surface area contributed by atoms with Crippen molar-refractivity contribution in [1.29, 1.82) is 0 Å². The Labute approximate surface area is 120 Å². The standard InChI is InChI=1S/C14H11Cl2N3/c1-8-3-2-4-12-18-13(14(17)19(8)12)9-5-6-10(15)11(16)7-9/h2-7H,17H2,1H3. The molecule has 0 bridgehead atoms. The third kappa shape index (κ3) is 1.95. The van der Waals surface area contributed by atoms with Gasteiger partial charge in [-0.3, -0.25) is 4.40 Å². The van der Waals surface area contributed by atoms with Crippen molar-refractivity contribution in [3.63, 3.8) is 0 Å². The summed E-state index contributed by atoms with van der Waals surface area (Å²) in [7, 11) is 0. The number of hydrogen-bond donors (Lipinski definition) is 1. The highest BCUT2D eigenvalue weighted by molar-refractivity contribution is 6.42. The molecular weight excluding hydrogens is 281 g/mol. The van der Waals surface area contributed by atoms with E-state index in [1.165, 1.54) is 0 Å². The third-order valence-electron chi connectivity index (χ3n) is 3.07. The van der Waals surface area contributed by atoms with Crippen LogP contribution >= 0.6 is 23.2 Å². The van der Waals surface area contributed by atoms with Crippen LogP contribution in [0.5, 0.6) is 0 Å². The fraction of sp³-hybridized carbons (Fsp3) is 0.0714. The van der Waals surface area contributed by atoms with E-state index in [1.54, 1.807) is 12.1 Å². The van der Waals surface area contributed by atoms with Gasteiger partial charge >= 0.3 is 0 Å². The van der Waals surface area contributed by atoms with Crippen molar-refractivity contribution in [3.05, 3.63) is 52.1 Å². The summed E-state index contributed by atoms with van der Waals surface area (Å²) < 4.78 is 1.91. The lowest BCUT2D eigenvalue weighted by Gasteiger charge is -2.03. The first kappa shape index (κ1) is 12.3. The van der Waals surface area contributed by atoms with E-state index in [4.69, 9.17) is 28.9 Å². The summed E-state index contributed by atoms with van der Waals surface area (Å²) in [5.41, 5.74) is 9.61. The highest BCUT2D eigenvalue weighted by Gasteiger charge is 2.13. The predicted octanol–water partition coefficient (Wildman–Crippen LogP) is 4.20. The lowest BCUT2D eigenvalue weighted by atomic mass is 10.1. The number of benzene rings is 1. The first-order chi connectivity index (χ1) is 9.08. The van der Waals surface area contributed by atoms with Gasteiger partial charge in [0.1, 0.15) is 17.2 Å². The molecule has 0 fully saturated rings. The van der Waals surface area contributed by atoms with E-state index in [0.29, 0.717) is 21.6 Å². The summed E-state index contributed by atoms with van der Waals surface area (Å²) in [6, 6.07) is 11.2. The van der Waals surface area contributed by atoms with Gasteiger partial charge in [-0.1, -0.05) is 35.3 Å². The van der Waals surface area contributed by atoms with Crippen LogP contribution in [0, 0.1) is 6.92 Å². The summed E-state index contributed by atoms with van der Waals surface area (Å²) in [4.78, 5) is 4.55. The van der Waals surface area contributed by atoms with Crippen LogP contribution in [0.4, 0.5) is 5.82 Å². The summed E-state index contributed by atoms with van der Waals surface area (Å²) >= 11 is 12.0. The molecule has 0 saturated heterocycles. The van der Waals surface area contributed by atoms with Gasteiger partial charge in [-0.2, -0.15) is 0 Å². The molecule has 0 aliphatic carbocycles. The van der Waals surface area contributed by atoms with E-state index in [9.17, 15) is 0 Å². The lowest BCUT2D eigenvalue weighted by molar-refractivity contribution is 1.10. The van der Waals surface area contributed by atoms with Gasteiger partial charge in [-0.05, 0) is 31.2 Å². The van der Waals surface area contributed by atoms with Gasteiger partial charge < -0.3 is 5.73 Å². The molecule has 0 aliphatic rings. The molecule has 3 rings (SSSR count). The number of pyridine rings is 1. The summed E-state index contributed by atoms with van der Waals surface area (Å²) in [5.74, 6) is 0.603. The molecule has 2 aromatic heterocycles. The number of nitrogens with two attached hydrogens (primary N) is 1. The first-order valence-corrected chi connectivity index (χ1v) is 6.52. The highest BCUT2D eigenvalue weighted by atomic mass is 35.5. The van der Waals surface area contributed by atoms with E-state index in [2.05, 4.69) is 4.98 Å². The molecule has 0 unspecified atom stereocenters. The minimum atomic E-state index is 0.493. The van der Waals surface area contributed by atoms with E-state index < -0.39 is 0 Å². The van der Waals surface area contributed by atoms with E-state index in [1.807, 2.05) is 35.6 Å². The fourth-order valence-electron chi connectivity index (χ4n) is 2.14. The first-order valence-electron chi connectivity index (χ1n) is 5.77. The molecule has 0 spiro atoms. The number of imidazole rings is 1. The Hall–Kier alpha value is -1.71. The molecule has 19 heavy (non-hydrogen) atoms. The molecule has 96 valence electrons. The normalized spacial score (nSPS) is 11.1. The quantitative estimate of drug-likeness (QED) is 0.730.